The average Bonchev–Trinajstić information content (AvgIpc) is 2.89. The maximum atomic E-state index is 12.0. The zero-order valence-electron chi connectivity index (χ0n) is 11.1. The fourth-order valence-electron chi connectivity index (χ4n) is 2.51. The number of rotatable bonds is 5. The highest BCUT2D eigenvalue weighted by molar-refractivity contribution is 7.90. The van der Waals surface area contributed by atoms with Crippen molar-refractivity contribution in [2.24, 2.45) is 5.92 Å². The molecule has 0 atom stereocenters. The summed E-state index contributed by atoms with van der Waals surface area (Å²) in [6, 6.07) is 5.74. The first-order chi connectivity index (χ1) is 9.47. The summed E-state index contributed by atoms with van der Waals surface area (Å²) >= 11 is 5.71. The van der Waals surface area contributed by atoms with Crippen molar-refractivity contribution in [1.29, 1.82) is 0 Å². The minimum Gasteiger partial charge on any atom is -0.274 e. The smallest absolute Gasteiger partial charge is 0.264 e. The summed E-state index contributed by atoms with van der Waals surface area (Å²) in [6.45, 7) is 0. The van der Waals surface area contributed by atoms with Gasteiger partial charge in [0.2, 0.25) is 5.91 Å². The number of sulfonamides is 1. The van der Waals surface area contributed by atoms with Crippen LogP contribution in [0.5, 0.6) is 0 Å². The molecule has 0 aromatic heterocycles. The molecule has 1 N–H and O–H groups in total. The third-order valence-electron chi connectivity index (χ3n) is 3.63. The van der Waals surface area contributed by atoms with E-state index in [2.05, 4.69) is 4.72 Å². The highest BCUT2D eigenvalue weighted by Gasteiger charge is 2.20. The molecule has 2 rings (SSSR count). The Morgan fingerprint density at radius 1 is 1.20 bits per heavy atom. The Kier molecular flexibility index (Phi) is 5.05. The average molecular weight is 316 g/mol. The maximum Gasteiger partial charge on any atom is 0.264 e. The highest BCUT2D eigenvalue weighted by Crippen LogP contribution is 2.28. The van der Waals surface area contributed by atoms with Crippen molar-refractivity contribution in [2.45, 2.75) is 43.4 Å². The minimum atomic E-state index is -3.78. The molecule has 0 heterocycles. The van der Waals surface area contributed by atoms with Gasteiger partial charge in [0.05, 0.1) is 4.90 Å². The Morgan fingerprint density at radius 2 is 1.80 bits per heavy atom. The van der Waals surface area contributed by atoms with Crippen molar-refractivity contribution in [3.05, 3.63) is 29.3 Å². The second-order valence-corrected chi connectivity index (χ2v) is 7.29. The van der Waals surface area contributed by atoms with Gasteiger partial charge in [0, 0.05) is 11.4 Å². The molecular weight excluding hydrogens is 298 g/mol. The van der Waals surface area contributed by atoms with Crippen LogP contribution in [0.2, 0.25) is 5.02 Å². The number of hydrogen-bond acceptors (Lipinski definition) is 3. The molecule has 1 amide bonds. The second kappa shape index (κ2) is 6.59. The fraction of sp³-hybridized carbons (Fsp3) is 0.500. The maximum absolute atomic E-state index is 12.0. The van der Waals surface area contributed by atoms with Crippen LogP contribution in [0.3, 0.4) is 0 Å². The first kappa shape index (κ1) is 15.3. The second-order valence-electron chi connectivity index (χ2n) is 5.17. The minimum absolute atomic E-state index is 0.0520. The van der Waals surface area contributed by atoms with Gasteiger partial charge in [-0.3, -0.25) is 4.79 Å². The number of carbonyl (C=O) groups is 1. The van der Waals surface area contributed by atoms with Gasteiger partial charge in [-0.1, -0.05) is 37.3 Å². The van der Waals surface area contributed by atoms with Crippen LogP contribution in [0.4, 0.5) is 0 Å². The summed E-state index contributed by atoms with van der Waals surface area (Å²) in [6.07, 6.45) is 5.76. The molecule has 20 heavy (non-hydrogen) atoms. The Bertz CT molecular complexity index is 563. The van der Waals surface area contributed by atoms with Crippen LogP contribution in [-0.2, 0) is 14.8 Å². The summed E-state index contributed by atoms with van der Waals surface area (Å²) < 4.78 is 26.1. The summed E-state index contributed by atoms with van der Waals surface area (Å²) in [5.74, 6) is 0.130. The zero-order chi connectivity index (χ0) is 14.6. The van der Waals surface area contributed by atoms with Gasteiger partial charge in [-0.2, -0.15) is 0 Å². The number of hydrogen-bond donors (Lipinski definition) is 1. The van der Waals surface area contributed by atoms with Crippen molar-refractivity contribution in [1.82, 2.24) is 4.72 Å². The molecule has 0 spiro atoms. The summed E-state index contributed by atoms with van der Waals surface area (Å²) in [5, 5.41) is 0.455. The lowest BCUT2D eigenvalue weighted by atomic mass is 10.0. The first-order valence-electron chi connectivity index (χ1n) is 6.78. The molecule has 110 valence electrons. The quantitative estimate of drug-likeness (QED) is 0.908. The van der Waals surface area contributed by atoms with E-state index in [9.17, 15) is 13.2 Å². The topological polar surface area (TPSA) is 63.2 Å². The number of benzene rings is 1. The van der Waals surface area contributed by atoms with Gasteiger partial charge in [-0.05, 0) is 36.6 Å². The molecule has 0 aliphatic heterocycles. The Morgan fingerprint density at radius 3 is 2.40 bits per heavy atom. The standard InChI is InChI=1S/C14H18ClNO3S/c15-12-6-8-13(9-7-12)20(18,19)16-14(17)10-5-11-3-1-2-4-11/h6-9,11H,1-5,10H2,(H,16,17). The molecule has 0 unspecified atom stereocenters. The van der Waals surface area contributed by atoms with Crippen molar-refractivity contribution >= 4 is 27.5 Å². The molecule has 1 fully saturated rings. The molecule has 0 saturated heterocycles. The lowest BCUT2D eigenvalue weighted by Crippen LogP contribution is -2.30. The van der Waals surface area contributed by atoms with Gasteiger partial charge in [0.15, 0.2) is 0 Å². The van der Waals surface area contributed by atoms with Crippen LogP contribution in [0.15, 0.2) is 29.2 Å². The summed E-state index contributed by atoms with van der Waals surface area (Å²) in [4.78, 5) is 11.8. The predicted octanol–water partition coefficient (Wildman–Crippen LogP) is 3.12. The van der Waals surface area contributed by atoms with E-state index >= 15 is 0 Å². The van der Waals surface area contributed by atoms with Crippen LogP contribution in [0, 0.1) is 5.92 Å². The van der Waals surface area contributed by atoms with Crippen molar-refractivity contribution < 1.29 is 13.2 Å². The van der Waals surface area contributed by atoms with Crippen molar-refractivity contribution in [2.75, 3.05) is 0 Å². The van der Waals surface area contributed by atoms with Gasteiger partial charge in [-0.15, -0.1) is 0 Å². The van der Waals surface area contributed by atoms with Crippen LogP contribution in [0.1, 0.15) is 38.5 Å². The molecule has 1 saturated carbocycles. The molecule has 1 aliphatic rings. The number of carbonyl (C=O) groups excluding carboxylic acids is 1. The van der Waals surface area contributed by atoms with Crippen LogP contribution < -0.4 is 4.72 Å². The Balaban J connectivity index is 1.90. The number of halogens is 1. The van der Waals surface area contributed by atoms with E-state index in [-0.39, 0.29) is 11.3 Å². The van der Waals surface area contributed by atoms with Crippen molar-refractivity contribution in [3.8, 4) is 0 Å². The molecule has 6 heteroatoms. The molecule has 1 aliphatic carbocycles. The normalized spacial score (nSPS) is 16.2. The van der Waals surface area contributed by atoms with Gasteiger partial charge in [0.1, 0.15) is 0 Å². The summed E-state index contributed by atoms with van der Waals surface area (Å²) in [5.41, 5.74) is 0. The van der Waals surface area contributed by atoms with E-state index in [0.29, 0.717) is 10.9 Å². The molecular formula is C14H18ClNO3S. The van der Waals surface area contributed by atoms with E-state index in [1.807, 2.05) is 0 Å². The Hall–Kier alpha value is -1.07. The molecule has 0 bridgehead atoms. The number of amides is 1. The van der Waals surface area contributed by atoms with E-state index in [1.165, 1.54) is 37.1 Å². The van der Waals surface area contributed by atoms with Gasteiger partial charge in [0.25, 0.3) is 10.0 Å². The van der Waals surface area contributed by atoms with Crippen LogP contribution in [0.25, 0.3) is 0 Å². The molecule has 1 aromatic carbocycles. The van der Waals surface area contributed by atoms with Crippen molar-refractivity contribution in [3.63, 3.8) is 0 Å². The van der Waals surface area contributed by atoms with Gasteiger partial charge >= 0.3 is 0 Å². The predicted molar refractivity (Wildman–Crippen MR) is 78.0 cm³/mol. The monoisotopic (exact) mass is 315 g/mol. The highest BCUT2D eigenvalue weighted by atomic mass is 35.5. The first-order valence-corrected chi connectivity index (χ1v) is 8.65. The third kappa shape index (κ3) is 4.21. The fourth-order valence-corrected chi connectivity index (χ4v) is 3.65. The van der Waals surface area contributed by atoms with E-state index in [1.54, 1.807) is 0 Å². The van der Waals surface area contributed by atoms with Gasteiger partial charge < -0.3 is 0 Å². The lowest BCUT2D eigenvalue weighted by molar-refractivity contribution is -0.119. The third-order valence-corrected chi connectivity index (χ3v) is 5.27. The van der Waals surface area contributed by atoms with E-state index in [0.717, 1.165) is 19.3 Å². The molecule has 1 aromatic rings. The van der Waals surface area contributed by atoms with Crippen LogP contribution in [-0.4, -0.2) is 14.3 Å². The van der Waals surface area contributed by atoms with E-state index in [4.69, 9.17) is 11.6 Å². The lowest BCUT2D eigenvalue weighted by Gasteiger charge is -2.09. The van der Waals surface area contributed by atoms with Crippen LogP contribution >= 0.6 is 11.6 Å². The number of nitrogens with one attached hydrogen (secondary N) is 1. The Labute approximate surface area is 124 Å². The molecule has 0 radical (unpaired) electrons. The SMILES string of the molecule is O=C(CCC1CCCC1)NS(=O)(=O)c1ccc(Cl)cc1. The van der Waals surface area contributed by atoms with E-state index < -0.39 is 15.9 Å². The zero-order valence-corrected chi connectivity index (χ0v) is 12.7. The molecule has 4 nitrogen and oxygen atoms in total. The largest absolute Gasteiger partial charge is 0.274 e. The summed E-state index contributed by atoms with van der Waals surface area (Å²) in [7, 11) is -3.78. The van der Waals surface area contributed by atoms with Gasteiger partial charge in [-0.25, -0.2) is 13.1 Å².